The summed E-state index contributed by atoms with van der Waals surface area (Å²) in [5, 5.41) is 3.37. The second kappa shape index (κ2) is 8.06. The molecule has 0 unspecified atom stereocenters. The highest BCUT2D eigenvalue weighted by Crippen LogP contribution is 2.31. The van der Waals surface area contributed by atoms with Gasteiger partial charge in [-0.2, -0.15) is 0 Å². The van der Waals surface area contributed by atoms with Crippen LogP contribution in [0.4, 0.5) is 5.69 Å². The van der Waals surface area contributed by atoms with Gasteiger partial charge in [0, 0.05) is 36.8 Å². The summed E-state index contributed by atoms with van der Waals surface area (Å²) in [5.74, 6) is 0.543. The molecule has 1 aromatic carbocycles. The van der Waals surface area contributed by atoms with Crippen LogP contribution < -0.4 is 10.2 Å². The Kier molecular flexibility index (Phi) is 5.69. The summed E-state index contributed by atoms with van der Waals surface area (Å²) >= 11 is 0. The minimum atomic E-state index is 0.199. The van der Waals surface area contributed by atoms with Crippen molar-refractivity contribution in [2.75, 3.05) is 31.1 Å². The van der Waals surface area contributed by atoms with E-state index in [1.54, 1.807) is 0 Å². The van der Waals surface area contributed by atoms with E-state index in [0.717, 1.165) is 57.9 Å². The summed E-state index contributed by atoms with van der Waals surface area (Å²) in [7, 11) is 0. The van der Waals surface area contributed by atoms with Crippen LogP contribution in [0.2, 0.25) is 0 Å². The maximum absolute atomic E-state index is 12.7. The lowest BCUT2D eigenvalue weighted by atomic mass is 9.87. The molecule has 1 aromatic rings. The van der Waals surface area contributed by atoms with Crippen LogP contribution in [0.3, 0.4) is 0 Å². The first-order chi connectivity index (χ1) is 13.4. The first-order valence-corrected chi connectivity index (χ1v) is 11.3. The van der Waals surface area contributed by atoms with Crippen LogP contribution in [-0.2, 0) is 10.2 Å². The number of nitrogens with one attached hydrogen (secondary N) is 1. The molecule has 0 spiro atoms. The van der Waals surface area contributed by atoms with Crippen LogP contribution in [0, 0.1) is 5.92 Å². The molecule has 154 valence electrons. The number of nitrogens with zero attached hydrogens (tertiary/aromatic N) is 2. The summed E-state index contributed by atoms with van der Waals surface area (Å²) in [5.41, 5.74) is 2.89. The standard InChI is InChI=1S/C24H37N3O/c1-24(2,3)19-4-6-21(7-5-19)27-16-12-20(13-17-27)25-23(28)18-10-14-26(15-11-18)22-8-9-22/h4-7,18,20,22H,8-17H2,1-3H3,(H,25,28). The average Bonchev–Trinajstić information content (AvgIpc) is 3.53. The van der Waals surface area contributed by atoms with Crippen molar-refractivity contribution in [1.82, 2.24) is 10.2 Å². The molecule has 4 nitrogen and oxygen atoms in total. The monoisotopic (exact) mass is 383 g/mol. The Morgan fingerprint density at radius 1 is 0.893 bits per heavy atom. The number of likely N-dealkylation sites (tertiary alicyclic amines) is 1. The van der Waals surface area contributed by atoms with Crippen molar-refractivity contribution < 1.29 is 4.79 Å². The number of amides is 1. The molecule has 0 radical (unpaired) electrons. The van der Waals surface area contributed by atoms with E-state index >= 15 is 0 Å². The van der Waals surface area contributed by atoms with Gasteiger partial charge in [0.1, 0.15) is 0 Å². The van der Waals surface area contributed by atoms with Crippen molar-refractivity contribution in [3.63, 3.8) is 0 Å². The predicted molar refractivity (Wildman–Crippen MR) is 116 cm³/mol. The topological polar surface area (TPSA) is 35.6 Å². The molecule has 1 aliphatic carbocycles. The van der Waals surface area contributed by atoms with Gasteiger partial charge in [-0.25, -0.2) is 0 Å². The van der Waals surface area contributed by atoms with Crippen LogP contribution in [0.25, 0.3) is 0 Å². The van der Waals surface area contributed by atoms with Gasteiger partial charge >= 0.3 is 0 Å². The normalized spacial score (nSPS) is 23.0. The van der Waals surface area contributed by atoms with Crippen LogP contribution in [0.5, 0.6) is 0 Å². The highest BCUT2D eigenvalue weighted by Gasteiger charge is 2.34. The van der Waals surface area contributed by atoms with Crippen LogP contribution in [0.1, 0.15) is 64.9 Å². The summed E-state index contributed by atoms with van der Waals surface area (Å²) in [4.78, 5) is 17.8. The quantitative estimate of drug-likeness (QED) is 0.855. The van der Waals surface area contributed by atoms with Gasteiger partial charge in [0.25, 0.3) is 0 Å². The highest BCUT2D eigenvalue weighted by atomic mass is 16.1. The van der Waals surface area contributed by atoms with Crippen LogP contribution in [0.15, 0.2) is 24.3 Å². The number of anilines is 1. The molecule has 4 heteroatoms. The third-order valence-electron chi connectivity index (χ3n) is 6.90. The van der Waals surface area contributed by atoms with Crippen molar-refractivity contribution in [2.24, 2.45) is 5.92 Å². The predicted octanol–water partition coefficient (Wildman–Crippen LogP) is 3.94. The Bertz CT molecular complexity index is 658. The van der Waals surface area contributed by atoms with Crippen molar-refractivity contribution in [3.8, 4) is 0 Å². The number of carbonyl (C=O) groups excluding carboxylic acids is 1. The molecular weight excluding hydrogens is 346 g/mol. The Labute approximate surface area is 170 Å². The van der Waals surface area contributed by atoms with E-state index in [0.29, 0.717) is 11.9 Å². The number of hydrogen-bond donors (Lipinski definition) is 1. The van der Waals surface area contributed by atoms with Gasteiger partial charge in [0.2, 0.25) is 5.91 Å². The molecule has 1 saturated carbocycles. The van der Waals surface area contributed by atoms with E-state index in [1.807, 2.05) is 0 Å². The largest absolute Gasteiger partial charge is 0.371 e. The highest BCUT2D eigenvalue weighted by molar-refractivity contribution is 5.79. The van der Waals surface area contributed by atoms with Gasteiger partial charge in [0.15, 0.2) is 0 Å². The number of hydrogen-bond acceptors (Lipinski definition) is 3. The molecule has 2 heterocycles. The summed E-state index contributed by atoms with van der Waals surface area (Å²) < 4.78 is 0. The fraction of sp³-hybridized carbons (Fsp3) is 0.708. The van der Waals surface area contributed by atoms with E-state index in [4.69, 9.17) is 0 Å². The Hall–Kier alpha value is -1.55. The second-order valence-electron chi connectivity index (χ2n) is 10.1. The molecule has 1 N–H and O–H groups in total. The molecule has 0 bridgehead atoms. The van der Waals surface area contributed by atoms with Gasteiger partial charge < -0.3 is 15.1 Å². The number of rotatable bonds is 4. The first kappa shape index (κ1) is 19.8. The third kappa shape index (κ3) is 4.71. The van der Waals surface area contributed by atoms with E-state index in [-0.39, 0.29) is 11.3 Å². The minimum Gasteiger partial charge on any atom is -0.371 e. The summed E-state index contributed by atoms with van der Waals surface area (Å²) in [6, 6.07) is 10.2. The second-order valence-corrected chi connectivity index (χ2v) is 10.1. The van der Waals surface area contributed by atoms with Crippen molar-refractivity contribution in [3.05, 3.63) is 29.8 Å². The maximum Gasteiger partial charge on any atom is 0.223 e. The Morgan fingerprint density at radius 3 is 2.04 bits per heavy atom. The van der Waals surface area contributed by atoms with E-state index in [9.17, 15) is 4.79 Å². The van der Waals surface area contributed by atoms with Gasteiger partial charge in [-0.1, -0.05) is 32.9 Å². The van der Waals surface area contributed by atoms with Crippen molar-refractivity contribution in [1.29, 1.82) is 0 Å². The zero-order valence-electron chi connectivity index (χ0n) is 17.9. The van der Waals surface area contributed by atoms with E-state index in [1.165, 1.54) is 24.1 Å². The minimum absolute atomic E-state index is 0.199. The van der Waals surface area contributed by atoms with Gasteiger partial charge in [0.05, 0.1) is 0 Å². The molecule has 2 aliphatic heterocycles. The molecule has 1 amide bonds. The lowest BCUT2D eigenvalue weighted by molar-refractivity contribution is -0.127. The van der Waals surface area contributed by atoms with Crippen LogP contribution >= 0.6 is 0 Å². The van der Waals surface area contributed by atoms with Crippen molar-refractivity contribution >= 4 is 11.6 Å². The van der Waals surface area contributed by atoms with Gasteiger partial charge in [-0.05, 0) is 74.7 Å². The average molecular weight is 384 g/mol. The van der Waals surface area contributed by atoms with Crippen LogP contribution in [-0.4, -0.2) is 49.1 Å². The van der Waals surface area contributed by atoms with Gasteiger partial charge in [-0.3, -0.25) is 4.79 Å². The van der Waals surface area contributed by atoms with Crippen molar-refractivity contribution in [2.45, 2.75) is 76.8 Å². The molecule has 3 aliphatic rings. The fourth-order valence-electron chi connectivity index (χ4n) is 4.74. The zero-order valence-corrected chi connectivity index (χ0v) is 17.9. The summed E-state index contributed by atoms with van der Waals surface area (Å²) in [6.45, 7) is 11.1. The molecule has 3 fully saturated rings. The number of benzene rings is 1. The smallest absolute Gasteiger partial charge is 0.223 e. The third-order valence-corrected chi connectivity index (χ3v) is 6.90. The van der Waals surface area contributed by atoms with E-state index < -0.39 is 0 Å². The number of carbonyl (C=O) groups is 1. The SMILES string of the molecule is CC(C)(C)c1ccc(N2CCC(NC(=O)C3CCN(C4CC4)CC3)CC2)cc1. The Balaban J connectivity index is 1.22. The lowest BCUT2D eigenvalue weighted by Gasteiger charge is -2.36. The molecule has 2 saturated heterocycles. The van der Waals surface area contributed by atoms with E-state index in [2.05, 4.69) is 60.2 Å². The lowest BCUT2D eigenvalue weighted by Crippen LogP contribution is -2.48. The number of piperidine rings is 2. The molecule has 28 heavy (non-hydrogen) atoms. The summed E-state index contributed by atoms with van der Waals surface area (Å²) in [6.07, 6.45) is 6.92. The fourth-order valence-corrected chi connectivity index (χ4v) is 4.74. The van der Waals surface area contributed by atoms with Gasteiger partial charge in [-0.15, -0.1) is 0 Å². The maximum atomic E-state index is 12.7. The zero-order chi connectivity index (χ0) is 19.7. The molecule has 0 atom stereocenters. The first-order valence-electron chi connectivity index (χ1n) is 11.3. The molecule has 4 rings (SSSR count). The molecule has 0 aromatic heterocycles. The Morgan fingerprint density at radius 2 is 1.50 bits per heavy atom. The molecular formula is C24H37N3O.